The van der Waals surface area contributed by atoms with Gasteiger partial charge in [-0.2, -0.15) is 0 Å². The molecule has 1 amide bonds. The summed E-state index contributed by atoms with van der Waals surface area (Å²) < 4.78 is 4.54. The van der Waals surface area contributed by atoms with Crippen molar-refractivity contribution in [3.63, 3.8) is 0 Å². The summed E-state index contributed by atoms with van der Waals surface area (Å²) in [5, 5.41) is 10.7. The number of carbonyl (C=O) groups is 2. The van der Waals surface area contributed by atoms with Gasteiger partial charge >= 0.3 is 5.97 Å². The van der Waals surface area contributed by atoms with Gasteiger partial charge in [-0.3, -0.25) is 14.9 Å². The molecule has 0 bridgehead atoms. The standard InChI is InChI=1S/C22H30N4O3S/c1-6-10-25-21-19(22(2,3)4)18(20(23)30-21)14-8-7-9-15(11-14)26-16(27)12-24-13-17(28)29-5/h6-9,11,24-25H,1,10,12-13,23H2,2-5H3,(H,26,27). The summed E-state index contributed by atoms with van der Waals surface area (Å²) in [6, 6.07) is 7.59. The van der Waals surface area contributed by atoms with Gasteiger partial charge in [-0.1, -0.05) is 39.0 Å². The lowest BCUT2D eigenvalue weighted by Gasteiger charge is -2.23. The maximum Gasteiger partial charge on any atom is 0.319 e. The van der Waals surface area contributed by atoms with E-state index in [-0.39, 0.29) is 24.4 Å². The summed E-state index contributed by atoms with van der Waals surface area (Å²) in [7, 11) is 1.30. The Balaban J connectivity index is 2.27. The molecule has 162 valence electrons. The number of nitrogens with two attached hydrogens (primary N) is 1. The highest BCUT2D eigenvalue weighted by atomic mass is 32.1. The van der Waals surface area contributed by atoms with Crippen LogP contribution in [0.2, 0.25) is 0 Å². The minimum atomic E-state index is -0.423. The number of methoxy groups -OCH3 is 1. The van der Waals surface area contributed by atoms with Gasteiger partial charge < -0.3 is 21.1 Å². The van der Waals surface area contributed by atoms with E-state index in [0.717, 1.165) is 26.7 Å². The van der Waals surface area contributed by atoms with Crippen molar-refractivity contribution in [2.45, 2.75) is 26.2 Å². The van der Waals surface area contributed by atoms with Crippen LogP contribution in [0, 0.1) is 0 Å². The monoisotopic (exact) mass is 430 g/mol. The Kier molecular flexibility index (Phi) is 8.02. The molecule has 2 rings (SSSR count). The summed E-state index contributed by atoms with van der Waals surface area (Å²) in [6.45, 7) is 10.8. The van der Waals surface area contributed by atoms with Gasteiger partial charge in [-0.25, -0.2) is 0 Å². The number of esters is 1. The number of rotatable bonds is 9. The maximum absolute atomic E-state index is 12.2. The predicted octanol–water partition coefficient (Wildman–Crippen LogP) is 3.59. The molecular weight excluding hydrogens is 400 g/mol. The molecule has 8 heteroatoms. The van der Waals surface area contributed by atoms with Crippen LogP contribution >= 0.6 is 11.3 Å². The zero-order valence-electron chi connectivity index (χ0n) is 17.9. The summed E-state index contributed by atoms with van der Waals surface area (Å²) >= 11 is 1.52. The Morgan fingerprint density at radius 2 is 2.00 bits per heavy atom. The molecule has 0 unspecified atom stereocenters. The third kappa shape index (κ3) is 6.08. The number of anilines is 3. The molecule has 7 nitrogen and oxygen atoms in total. The third-order valence-corrected chi connectivity index (χ3v) is 5.29. The number of ether oxygens (including phenoxy) is 1. The van der Waals surface area contributed by atoms with Gasteiger partial charge in [0.05, 0.1) is 30.2 Å². The Morgan fingerprint density at radius 3 is 2.63 bits per heavy atom. The quantitative estimate of drug-likeness (QED) is 0.358. The number of carbonyl (C=O) groups excluding carboxylic acids is 2. The largest absolute Gasteiger partial charge is 0.468 e. The Labute approximate surface area is 181 Å². The van der Waals surface area contributed by atoms with Crippen molar-refractivity contribution >= 4 is 38.9 Å². The van der Waals surface area contributed by atoms with E-state index < -0.39 is 5.97 Å². The van der Waals surface area contributed by atoms with Gasteiger partial charge in [0.25, 0.3) is 0 Å². The van der Waals surface area contributed by atoms with Crippen molar-refractivity contribution in [3.05, 3.63) is 42.5 Å². The van der Waals surface area contributed by atoms with Gasteiger partial charge in [-0.15, -0.1) is 17.9 Å². The average Bonchev–Trinajstić information content (AvgIpc) is 3.02. The molecule has 5 N–H and O–H groups in total. The van der Waals surface area contributed by atoms with Crippen LogP contribution in [-0.4, -0.2) is 38.6 Å². The van der Waals surface area contributed by atoms with Crippen LogP contribution in [-0.2, 0) is 19.7 Å². The van der Waals surface area contributed by atoms with Gasteiger partial charge in [0, 0.05) is 23.4 Å². The van der Waals surface area contributed by atoms with Crippen molar-refractivity contribution in [2.24, 2.45) is 0 Å². The number of nitrogen functional groups attached to an aromatic ring is 1. The molecule has 0 aliphatic heterocycles. The van der Waals surface area contributed by atoms with Gasteiger partial charge in [-0.05, 0) is 23.1 Å². The molecule has 0 saturated carbocycles. The normalized spacial score (nSPS) is 11.1. The molecule has 0 aliphatic carbocycles. The first-order valence-corrected chi connectivity index (χ1v) is 10.4. The summed E-state index contributed by atoms with van der Waals surface area (Å²) in [4.78, 5) is 23.3. The number of hydrogen-bond donors (Lipinski definition) is 4. The first-order chi connectivity index (χ1) is 14.2. The lowest BCUT2D eigenvalue weighted by atomic mass is 9.83. The highest BCUT2D eigenvalue weighted by Crippen LogP contribution is 2.48. The molecule has 0 aliphatic rings. The maximum atomic E-state index is 12.2. The van der Waals surface area contributed by atoms with Crippen molar-refractivity contribution in [1.82, 2.24) is 5.32 Å². The zero-order valence-corrected chi connectivity index (χ0v) is 18.7. The Morgan fingerprint density at radius 1 is 1.27 bits per heavy atom. The van der Waals surface area contributed by atoms with E-state index in [4.69, 9.17) is 5.73 Å². The lowest BCUT2D eigenvalue weighted by Crippen LogP contribution is -2.32. The number of thiophene rings is 1. The van der Waals surface area contributed by atoms with Crippen LogP contribution in [0.4, 0.5) is 15.7 Å². The molecule has 0 fully saturated rings. The Bertz CT molecular complexity index is 916. The molecule has 30 heavy (non-hydrogen) atoms. The molecule has 0 spiro atoms. The number of benzene rings is 1. The van der Waals surface area contributed by atoms with Crippen molar-refractivity contribution in [3.8, 4) is 11.1 Å². The summed E-state index contributed by atoms with van der Waals surface area (Å²) in [6.07, 6.45) is 1.81. The molecule has 2 aromatic rings. The average molecular weight is 431 g/mol. The minimum Gasteiger partial charge on any atom is -0.468 e. The second kappa shape index (κ2) is 10.3. The number of hydrogen-bond acceptors (Lipinski definition) is 7. The van der Waals surface area contributed by atoms with E-state index in [1.807, 2.05) is 30.3 Å². The SMILES string of the molecule is C=CCNc1sc(N)c(-c2cccc(NC(=O)CNCC(=O)OC)c2)c1C(C)(C)C. The van der Waals surface area contributed by atoms with Crippen molar-refractivity contribution in [1.29, 1.82) is 0 Å². The molecule has 0 radical (unpaired) electrons. The fourth-order valence-corrected chi connectivity index (χ4v) is 4.26. The van der Waals surface area contributed by atoms with E-state index >= 15 is 0 Å². The smallest absolute Gasteiger partial charge is 0.319 e. The van der Waals surface area contributed by atoms with Crippen LogP contribution in [0.25, 0.3) is 11.1 Å². The fourth-order valence-electron chi connectivity index (χ4n) is 3.05. The first-order valence-electron chi connectivity index (χ1n) is 9.62. The minimum absolute atomic E-state index is 0.00276. The van der Waals surface area contributed by atoms with Crippen LogP contribution < -0.4 is 21.7 Å². The van der Waals surface area contributed by atoms with Crippen LogP contribution in [0.5, 0.6) is 0 Å². The van der Waals surface area contributed by atoms with Crippen LogP contribution in [0.1, 0.15) is 26.3 Å². The number of nitrogens with one attached hydrogen (secondary N) is 3. The fraction of sp³-hybridized carbons (Fsp3) is 0.364. The van der Waals surface area contributed by atoms with Gasteiger partial charge in [0.1, 0.15) is 0 Å². The lowest BCUT2D eigenvalue weighted by molar-refractivity contribution is -0.139. The highest BCUT2D eigenvalue weighted by Gasteiger charge is 2.27. The summed E-state index contributed by atoms with van der Waals surface area (Å²) in [5.74, 6) is -0.674. The van der Waals surface area contributed by atoms with E-state index in [1.165, 1.54) is 18.4 Å². The molecule has 1 heterocycles. The predicted molar refractivity (Wildman–Crippen MR) is 125 cm³/mol. The second-order valence-electron chi connectivity index (χ2n) is 7.77. The molecule has 0 saturated heterocycles. The Hall–Kier alpha value is -2.84. The van der Waals surface area contributed by atoms with Gasteiger partial charge in [0.15, 0.2) is 0 Å². The highest BCUT2D eigenvalue weighted by molar-refractivity contribution is 7.20. The van der Waals surface area contributed by atoms with Crippen LogP contribution in [0.15, 0.2) is 36.9 Å². The van der Waals surface area contributed by atoms with E-state index in [2.05, 4.69) is 48.0 Å². The first kappa shape index (κ1) is 23.4. The molecule has 1 aromatic heterocycles. The molecular formula is C22H30N4O3S. The molecule has 1 aromatic carbocycles. The summed E-state index contributed by atoms with van der Waals surface area (Å²) in [5.41, 5.74) is 9.97. The van der Waals surface area contributed by atoms with E-state index in [1.54, 1.807) is 0 Å². The van der Waals surface area contributed by atoms with Crippen molar-refractivity contribution < 1.29 is 14.3 Å². The topological polar surface area (TPSA) is 105 Å². The second-order valence-corrected chi connectivity index (χ2v) is 8.83. The van der Waals surface area contributed by atoms with Crippen molar-refractivity contribution in [2.75, 3.05) is 43.1 Å². The number of amides is 1. The van der Waals surface area contributed by atoms with E-state index in [9.17, 15) is 9.59 Å². The van der Waals surface area contributed by atoms with Gasteiger partial charge in [0.2, 0.25) is 5.91 Å². The third-order valence-electron chi connectivity index (χ3n) is 4.31. The van der Waals surface area contributed by atoms with E-state index in [0.29, 0.717) is 12.2 Å². The molecule has 0 atom stereocenters. The zero-order chi connectivity index (χ0) is 22.3. The van der Waals surface area contributed by atoms with Crippen LogP contribution in [0.3, 0.4) is 0 Å².